The van der Waals surface area contributed by atoms with Gasteiger partial charge in [0.1, 0.15) is 0 Å². The van der Waals surface area contributed by atoms with Gasteiger partial charge in [-0.15, -0.1) is 0 Å². The second kappa shape index (κ2) is 43.3. The van der Waals surface area contributed by atoms with Crippen LogP contribution in [0, 0.1) is 0 Å². The lowest BCUT2D eigenvalue weighted by Crippen LogP contribution is -2.45. The van der Waals surface area contributed by atoms with Crippen molar-refractivity contribution in [3.63, 3.8) is 0 Å². The third-order valence-corrected chi connectivity index (χ3v) is 10.8. The Morgan fingerprint density at radius 3 is 1.28 bits per heavy atom. The maximum atomic E-state index is 12.4. The van der Waals surface area contributed by atoms with Crippen molar-refractivity contribution in [1.29, 1.82) is 0 Å². The third kappa shape index (κ3) is 40.1. The summed E-state index contributed by atoms with van der Waals surface area (Å²) in [5.41, 5.74) is 0. The smallest absolute Gasteiger partial charge is 0.305 e. The Balaban J connectivity index is 3.49. The SMILES string of the molecule is CCCCCCCCCCCC/C=C/C(O)C(CO)NC(=O)CCCCCCCCCCCCCCOC(=O)CCCCCCCCCCCCCC. The van der Waals surface area contributed by atoms with Crippen molar-refractivity contribution in [3.8, 4) is 0 Å². The lowest BCUT2D eigenvalue weighted by atomic mass is 10.0. The zero-order chi connectivity index (χ0) is 38.7. The lowest BCUT2D eigenvalue weighted by molar-refractivity contribution is -0.143. The standard InChI is InChI=1S/C47H91NO5/c1-3-5-7-9-11-13-15-19-23-27-31-35-39-45(50)44(43-49)48-46(51)40-36-32-28-24-20-17-18-22-26-30-34-38-42-53-47(52)41-37-33-29-25-21-16-14-12-10-8-6-4-2/h35,39,44-45,49-50H,3-34,36-38,40-43H2,1-2H3,(H,48,51)/b39-35+. The molecule has 0 bridgehead atoms. The van der Waals surface area contributed by atoms with Crippen LogP contribution in [-0.4, -0.2) is 47.4 Å². The van der Waals surface area contributed by atoms with Crippen LogP contribution in [0.2, 0.25) is 0 Å². The number of amides is 1. The Kier molecular flexibility index (Phi) is 42.2. The molecule has 0 aromatic rings. The van der Waals surface area contributed by atoms with Gasteiger partial charge in [0, 0.05) is 12.8 Å². The topological polar surface area (TPSA) is 95.9 Å². The fraction of sp³-hybridized carbons (Fsp3) is 0.915. The van der Waals surface area contributed by atoms with Crippen LogP contribution >= 0.6 is 0 Å². The number of aliphatic hydroxyl groups excluding tert-OH is 2. The van der Waals surface area contributed by atoms with Gasteiger partial charge < -0.3 is 20.3 Å². The highest BCUT2D eigenvalue weighted by molar-refractivity contribution is 5.76. The van der Waals surface area contributed by atoms with Crippen molar-refractivity contribution in [2.45, 2.75) is 264 Å². The summed E-state index contributed by atoms with van der Waals surface area (Å²) in [5.74, 6) is -0.0947. The number of hydrogen-bond acceptors (Lipinski definition) is 5. The van der Waals surface area contributed by atoms with Gasteiger partial charge in [-0.1, -0.05) is 219 Å². The van der Waals surface area contributed by atoms with E-state index < -0.39 is 12.1 Å². The summed E-state index contributed by atoms with van der Waals surface area (Å²) in [4.78, 5) is 24.4. The third-order valence-electron chi connectivity index (χ3n) is 10.8. The Morgan fingerprint density at radius 1 is 0.509 bits per heavy atom. The summed E-state index contributed by atoms with van der Waals surface area (Å²) >= 11 is 0. The molecule has 2 atom stereocenters. The molecule has 0 aromatic heterocycles. The molecule has 0 fully saturated rings. The molecule has 1 amide bonds. The number of carbonyl (C=O) groups is 2. The van der Waals surface area contributed by atoms with E-state index in [9.17, 15) is 19.8 Å². The van der Waals surface area contributed by atoms with Crippen LogP contribution < -0.4 is 5.32 Å². The number of hydrogen-bond donors (Lipinski definition) is 3. The molecule has 314 valence electrons. The molecule has 6 nitrogen and oxygen atoms in total. The molecule has 0 spiro atoms. The van der Waals surface area contributed by atoms with Gasteiger partial charge in [-0.05, 0) is 32.1 Å². The fourth-order valence-corrected chi connectivity index (χ4v) is 7.16. The zero-order valence-corrected chi connectivity index (χ0v) is 35.5. The number of rotatable bonds is 43. The number of nitrogens with one attached hydrogen (secondary N) is 1. The van der Waals surface area contributed by atoms with E-state index in [1.807, 2.05) is 6.08 Å². The minimum Gasteiger partial charge on any atom is -0.466 e. The van der Waals surface area contributed by atoms with E-state index in [-0.39, 0.29) is 18.5 Å². The van der Waals surface area contributed by atoms with E-state index in [1.165, 1.54) is 167 Å². The highest BCUT2D eigenvalue weighted by Gasteiger charge is 2.18. The predicted molar refractivity (Wildman–Crippen MR) is 227 cm³/mol. The van der Waals surface area contributed by atoms with Gasteiger partial charge in [0.25, 0.3) is 0 Å². The van der Waals surface area contributed by atoms with Crippen molar-refractivity contribution >= 4 is 11.9 Å². The number of esters is 1. The van der Waals surface area contributed by atoms with Crippen molar-refractivity contribution in [1.82, 2.24) is 5.32 Å². The molecule has 53 heavy (non-hydrogen) atoms. The first-order valence-electron chi connectivity index (χ1n) is 23.5. The second-order valence-corrected chi connectivity index (χ2v) is 16.1. The van der Waals surface area contributed by atoms with E-state index in [0.29, 0.717) is 19.4 Å². The molecule has 0 radical (unpaired) electrons. The summed E-state index contributed by atoms with van der Waals surface area (Å²) in [6.45, 7) is 4.85. The van der Waals surface area contributed by atoms with E-state index in [1.54, 1.807) is 6.08 Å². The summed E-state index contributed by atoms with van der Waals surface area (Å²) in [6, 6.07) is -0.636. The molecule has 0 aliphatic carbocycles. The van der Waals surface area contributed by atoms with E-state index in [0.717, 1.165) is 57.8 Å². The Bertz CT molecular complexity index is 787. The van der Waals surface area contributed by atoms with Gasteiger partial charge in [-0.3, -0.25) is 9.59 Å². The number of aliphatic hydroxyl groups is 2. The summed E-state index contributed by atoms with van der Waals surface area (Å²) in [7, 11) is 0. The minimum absolute atomic E-state index is 0.0106. The molecular formula is C47H91NO5. The van der Waals surface area contributed by atoms with Crippen LogP contribution in [-0.2, 0) is 14.3 Å². The monoisotopic (exact) mass is 750 g/mol. The van der Waals surface area contributed by atoms with Crippen LogP contribution in [0.5, 0.6) is 0 Å². The highest BCUT2D eigenvalue weighted by atomic mass is 16.5. The number of carbonyl (C=O) groups excluding carboxylic acids is 2. The molecule has 0 aromatic carbocycles. The molecule has 3 N–H and O–H groups in total. The van der Waals surface area contributed by atoms with Crippen LogP contribution in [0.15, 0.2) is 12.2 Å². The number of ether oxygens (including phenoxy) is 1. The maximum Gasteiger partial charge on any atom is 0.305 e. The van der Waals surface area contributed by atoms with E-state index in [2.05, 4.69) is 19.2 Å². The van der Waals surface area contributed by atoms with Crippen molar-refractivity contribution in [2.24, 2.45) is 0 Å². The molecule has 2 unspecified atom stereocenters. The maximum absolute atomic E-state index is 12.4. The average Bonchev–Trinajstić information content (AvgIpc) is 3.16. The Morgan fingerprint density at radius 2 is 0.868 bits per heavy atom. The van der Waals surface area contributed by atoms with Crippen LogP contribution in [0.1, 0.15) is 251 Å². The van der Waals surface area contributed by atoms with Gasteiger partial charge in [-0.2, -0.15) is 0 Å². The van der Waals surface area contributed by atoms with Gasteiger partial charge in [0.05, 0.1) is 25.4 Å². The highest BCUT2D eigenvalue weighted by Crippen LogP contribution is 2.15. The van der Waals surface area contributed by atoms with Crippen molar-refractivity contribution < 1.29 is 24.5 Å². The van der Waals surface area contributed by atoms with Gasteiger partial charge in [0.2, 0.25) is 5.91 Å². The molecule has 0 heterocycles. The average molecular weight is 750 g/mol. The minimum atomic E-state index is -0.851. The van der Waals surface area contributed by atoms with Crippen LogP contribution in [0.4, 0.5) is 0 Å². The first kappa shape index (κ1) is 51.6. The quantitative estimate of drug-likeness (QED) is 0.0328. The second-order valence-electron chi connectivity index (χ2n) is 16.1. The summed E-state index contributed by atoms with van der Waals surface area (Å²) in [6.07, 6.45) is 47.6. The predicted octanol–water partition coefficient (Wildman–Crippen LogP) is 13.4. The Hall–Kier alpha value is -1.40. The molecule has 6 heteroatoms. The first-order valence-corrected chi connectivity index (χ1v) is 23.5. The lowest BCUT2D eigenvalue weighted by Gasteiger charge is -2.20. The van der Waals surface area contributed by atoms with Gasteiger partial charge in [-0.25, -0.2) is 0 Å². The van der Waals surface area contributed by atoms with Crippen molar-refractivity contribution in [2.75, 3.05) is 13.2 Å². The summed E-state index contributed by atoms with van der Waals surface area (Å²) < 4.78 is 5.44. The van der Waals surface area contributed by atoms with E-state index in [4.69, 9.17) is 4.74 Å². The number of allylic oxidation sites excluding steroid dienone is 1. The molecular weight excluding hydrogens is 659 g/mol. The van der Waals surface area contributed by atoms with Crippen LogP contribution in [0.3, 0.4) is 0 Å². The van der Waals surface area contributed by atoms with E-state index >= 15 is 0 Å². The molecule has 0 rings (SSSR count). The van der Waals surface area contributed by atoms with Crippen molar-refractivity contribution in [3.05, 3.63) is 12.2 Å². The summed E-state index contributed by atoms with van der Waals surface area (Å²) in [5, 5.41) is 22.9. The molecule has 0 saturated carbocycles. The van der Waals surface area contributed by atoms with Gasteiger partial charge >= 0.3 is 5.97 Å². The Labute approximate surface area is 329 Å². The zero-order valence-electron chi connectivity index (χ0n) is 35.5. The largest absolute Gasteiger partial charge is 0.466 e. The van der Waals surface area contributed by atoms with Gasteiger partial charge in [0.15, 0.2) is 0 Å². The first-order chi connectivity index (χ1) is 26.0. The fourth-order valence-electron chi connectivity index (χ4n) is 7.16. The normalized spacial score (nSPS) is 12.8. The molecule has 0 aliphatic rings. The molecule has 0 saturated heterocycles. The van der Waals surface area contributed by atoms with Crippen LogP contribution in [0.25, 0.3) is 0 Å². The number of unbranched alkanes of at least 4 members (excludes halogenated alkanes) is 32. The molecule has 0 aliphatic heterocycles.